The zero-order valence-electron chi connectivity index (χ0n) is 13.5. The first-order valence-corrected chi connectivity index (χ1v) is 9.39. The summed E-state index contributed by atoms with van der Waals surface area (Å²) in [6.45, 7) is 7.07. The predicted molar refractivity (Wildman–Crippen MR) is 96.9 cm³/mol. The van der Waals surface area contributed by atoms with Gasteiger partial charge in [-0.2, -0.15) is 0 Å². The zero-order valence-corrected chi connectivity index (χ0v) is 15.9. The molecule has 2 aromatic rings. The standard InChI is InChI=1S/C17H21BrF2N2S/c1-17(2,3)23-21-8-10-9-22(12-4-11(19)5-12)16-7-14(18)15(20)6-13(10)16/h6-7,9,11-12,21H,4-5,8H2,1-3H3. The number of alkyl halides is 1. The lowest BCUT2D eigenvalue weighted by Crippen LogP contribution is -2.27. The Morgan fingerprint density at radius 3 is 2.65 bits per heavy atom. The summed E-state index contributed by atoms with van der Waals surface area (Å²) in [5, 5.41) is 0.898. The van der Waals surface area contributed by atoms with Crippen LogP contribution < -0.4 is 4.72 Å². The van der Waals surface area contributed by atoms with Crippen LogP contribution in [-0.4, -0.2) is 15.5 Å². The van der Waals surface area contributed by atoms with E-state index in [2.05, 4.69) is 46.0 Å². The Morgan fingerprint density at radius 1 is 1.35 bits per heavy atom. The second-order valence-corrected chi connectivity index (χ2v) is 9.68. The average Bonchev–Trinajstić information content (AvgIpc) is 2.73. The first-order chi connectivity index (χ1) is 10.7. The second-order valence-electron chi connectivity index (χ2n) is 7.10. The summed E-state index contributed by atoms with van der Waals surface area (Å²) in [4.78, 5) is 0. The van der Waals surface area contributed by atoms with Crippen molar-refractivity contribution in [2.45, 2.75) is 57.1 Å². The van der Waals surface area contributed by atoms with Crippen LogP contribution in [0.3, 0.4) is 0 Å². The van der Waals surface area contributed by atoms with Crippen LogP contribution in [0, 0.1) is 5.82 Å². The van der Waals surface area contributed by atoms with Gasteiger partial charge in [0.1, 0.15) is 12.0 Å². The number of hydrogen-bond donors (Lipinski definition) is 1. The van der Waals surface area contributed by atoms with Gasteiger partial charge in [-0.1, -0.05) is 11.9 Å². The van der Waals surface area contributed by atoms with Crippen molar-refractivity contribution in [3.63, 3.8) is 0 Å². The maximum absolute atomic E-state index is 14.0. The smallest absolute Gasteiger partial charge is 0.138 e. The number of hydrogen-bond acceptors (Lipinski definition) is 2. The molecule has 2 nitrogen and oxygen atoms in total. The van der Waals surface area contributed by atoms with Gasteiger partial charge < -0.3 is 4.57 Å². The van der Waals surface area contributed by atoms with Crippen molar-refractivity contribution >= 4 is 38.8 Å². The third-order valence-corrected chi connectivity index (χ3v) is 5.56. The normalized spacial score (nSPS) is 21.7. The molecule has 0 unspecified atom stereocenters. The summed E-state index contributed by atoms with van der Waals surface area (Å²) in [5.74, 6) is -0.267. The lowest BCUT2D eigenvalue weighted by Gasteiger charge is -2.31. The number of halogens is 3. The molecule has 0 spiro atoms. The van der Waals surface area contributed by atoms with Crippen molar-refractivity contribution in [2.24, 2.45) is 0 Å². The zero-order chi connectivity index (χ0) is 16.8. The van der Waals surface area contributed by atoms with E-state index in [1.54, 1.807) is 24.1 Å². The van der Waals surface area contributed by atoms with E-state index in [4.69, 9.17) is 0 Å². The van der Waals surface area contributed by atoms with Gasteiger partial charge in [-0.05, 0) is 67.2 Å². The van der Waals surface area contributed by atoms with Gasteiger partial charge in [0.15, 0.2) is 0 Å². The number of benzene rings is 1. The monoisotopic (exact) mass is 402 g/mol. The van der Waals surface area contributed by atoms with Crippen molar-refractivity contribution in [2.75, 3.05) is 0 Å². The van der Waals surface area contributed by atoms with Crippen LogP contribution in [0.1, 0.15) is 45.2 Å². The Labute approximate surface area is 148 Å². The maximum Gasteiger partial charge on any atom is 0.138 e. The molecule has 1 aromatic heterocycles. The number of rotatable bonds is 4. The number of fused-ring (bicyclic) bond motifs is 1. The van der Waals surface area contributed by atoms with Crippen molar-refractivity contribution in [1.29, 1.82) is 0 Å². The maximum atomic E-state index is 14.0. The van der Waals surface area contributed by atoms with E-state index in [0.29, 0.717) is 23.9 Å². The second kappa shape index (κ2) is 6.37. The van der Waals surface area contributed by atoms with Crippen LogP contribution in [0.5, 0.6) is 0 Å². The minimum absolute atomic E-state index is 0.113. The van der Waals surface area contributed by atoms with Crippen LogP contribution in [0.15, 0.2) is 22.8 Å². The molecule has 1 fully saturated rings. The van der Waals surface area contributed by atoms with Gasteiger partial charge in [0.25, 0.3) is 0 Å². The van der Waals surface area contributed by atoms with Crippen LogP contribution in [0.4, 0.5) is 8.78 Å². The Balaban J connectivity index is 1.92. The molecule has 1 aromatic carbocycles. The molecule has 6 heteroatoms. The van der Waals surface area contributed by atoms with E-state index in [9.17, 15) is 8.78 Å². The molecule has 1 heterocycles. The highest BCUT2D eigenvalue weighted by Gasteiger charge is 2.31. The molecule has 23 heavy (non-hydrogen) atoms. The van der Waals surface area contributed by atoms with Crippen LogP contribution in [-0.2, 0) is 6.54 Å². The summed E-state index contributed by atoms with van der Waals surface area (Å²) < 4.78 is 33.2. The SMILES string of the molecule is CC(C)(C)SNCc1cn(C2CC(F)C2)c2cc(Br)c(F)cc12. The van der Waals surface area contributed by atoms with E-state index in [0.717, 1.165) is 16.5 Å². The third kappa shape index (κ3) is 3.74. The Hall–Kier alpha value is -0.590. The molecule has 0 aliphatic heterocycles. The Morgan fingerprint density at radius 2 is 2.04 bits per heavy atom. The van der Waals surface area contributed by atoms with Crippen molar-refractivity contribution < 1.29 is 8.78 Å². The first-order valence-electron chi connectivity index (χ1n) is 7.78. The molecule has 1 aliphatic rings. The van der Waals surface area contributed by atoms with Crippen LogP contribution >= 0.6 is 27.9 Å². The third-order valence-electron chi connectivity index (χ3n) is 4.05. The minimum atomic E-state index is -0.709. The molecule has 3 rings (SSSR count). The number of nitrogens with zero attached hydrogens (tertiary/aromatic N) is 1. The first kappa shape index (κ1) is 17.2. The Kier molecular flexibility index (Phi) is 4.78. The highest BCUT2D eigenvalue weighted by Crippen LogP contribution is 2.39. The molecular formula is C17H21BrF2N2S. The summed E-state index contributed by atoms with van der Waals surface area (Å²) in [6.07, 6.45) is 2.42. The number of aromatic nitrogens is 1. The number of nitrogens with one attached hydrogen (secondary N) is 1. The lowest BCUT2D eigenvalue weighted by atomic mass is 9.90. The van der Waals surface area contributed by atoms with Gasteiger partial charge >= 0.3 is 0 Å². The fraction of sp³-hybridized carbons (Fsp3) is 0.529. The quantitative estimate of drug-likeness (QED) is 0.655. The fourth-order valence-electron chi connectivity index (χ4n) is 2.84. The highest BCUT2D eigenvalue weighted by atomic mass is 79.9. The molecule has 1 N–H and O–H groups in total. The topological polar surface area (TPSA) is 17.0 Å². The molecule has 1 saturated carbocycles. The average molecular weight is 403 g/mol. The summed E-state index contributed by atoms with van der Waals surface area (Å²) in [7, 11) is 0. The largest absolute Gasteiger partial charge is 0.344 e. The van der Waals surface area contributed by atoms with Gasteiger partial charge in [-0.25, -0.2) is 8.78 Å². The van der Waals surface area contributed by atoms with Crippen molar-refractivity contribution in [3.05, 3.63) is 34.2 Å². The lowest BCUT2D eigenvalue weighted by molar-refractivity contribution is 0.140. The van der Waals surface area contributed by atoms with E-state index in [-0.39, 0.29) is 16.6 Å². The molecule has 1 aliphatic carbocycles. The molecule has 126 valence electrons. The highest BCUT2D eigenvalue weighted by molar-refractivity contribution is 9.10. The van der Waals surface area contributed by atoms with Gasteiger partial charge in [-0.3, -0.25) is 4.72 Å². The molecular weight excluding hydrogens is 382 g/mol. The van der Waals surface area contributed by atoms with Crippen LogP contribution in [0.2, 0.25) is 0 Å². The Bertz CT molecular complexity index is 717. The molecule has 0 amide bonds. The summed E-state index contributed by atoms with van der Waals surface area (Å²) in [6, 6.07) is 3.55. The van der Waals surface area contributed by atoms with Crippen LogP contribution in [0.25, 0.3) is 10.9 Å². The minimum Gasteiger partial charge on any atom is -0.344 e. The van der Waals surface area contributed by atoms with E-state index < -0.39 is 6.17 Å². The molecule has 0 atom stereocenters. The fourth-order valence-corrected chi connectivity index (χ4v) is 3.83. The van der Waals surface area contributed by atoms with Gasteiger partial charge in [0.05, 0.1) is 4.47 Å². The predicted octanol–water partition coefficient (Wildman–Crippen LogP) is 5.75. The van der Waals surface area contributed by atoms with E-state index in [1.165, 1.54) is 0 Å². The summed E-state index contributed by atoms with van der Waals surface area (Å²) in [5.41, 5.74) is 2.01. The van der Waals surface area contributed by atoms with Gasteiger partial charge in [0, 0.05) is 34.4 Å². The van der Waals surface area contributed by atoms with Gasteiger partial charge in [-0.15, -0.1) is 0 Å². The summed E-state index contributed by atoms with van der Waals surface area (Å²) >= 11 is 4.92. The molecule has 0 bridgehead atoms. The van der Waals surface area contributed by atoms with Crippen molar-refractivity contribution in [1.82, 2.24) is 9.29 Å². The van der Waals surface area contributed by atoms with Gasteiger partial charge in [0.2, 0.25) is 0 Å². The molecule has 0 radical (unpaired) electrons. The van der Waals surface area contributed by atoms with E-state index >= 15 is 0 Å². The molecule has 0 saturated heterocycles. The van der Waals surface area contributed by atoms with Crippen molar-refractivity contribution in [3.8, 4) is 0 Å². The van der Waals surface area contributed by atoms with E-state index in [1.807, 2.05) is 6.20 Å².